The molecule has 8 heteroatoms. The molecule has 0 saturated heterocycles. The molecule has 0 radical (unpaired) electrons. The maximum atomic E-state index is 12.7. The molecule has 0 spiro atoms. The number of rotatable bonds is 4. The molecule has 0 aliphatic rings. The Morgan fingerprint density at radius 3 is 2.38 bits per heavy atom. The molecule has 0 fully saturated rings. The van der Waals surface area contributed by atoms with Crippen LogP contribution in [0.5, 0.6) is 11.5 Å². The summed E-state index contributed by atoms with van der Waals surface area (Å²) in [4.78, 5) is 12.0. The summed E-state index contributed by atoms with van der Waals surface area (Å²) in [6.07, 6.45) is -4.48. The lowest BCUT2D eigenvalue weighted by Crippen LogP contribution is -2.20. The van der Waals surface area contributed by atoms with Gasteiger partial charge in [0, 0.05) is 11.8 Å². The number of amides is 2. The van der Waals surface area contributed by atoms with Crippen LogP contribution in [0.2, 0.25) is 0 Å². The summed E-state index contributed by atoms with van der Waals surface area (Å²) < 4.78 is 48.2. The first-order valence-corrected chi connectivity index (χ1v) is 6.81. The summed E-state index contributed by atoms with van der Waals surface area (Å²) in [5, 5.41) is 4.85. The van der Waals surface area contributed by atoms with E-state index in [0.29, 0.717) is 17.2 Å². The van der Waals surface area contributed by atoms with Crippen LogP contribution >= 0.6 is 0 Å². The molecule has 2 aromatic rings. The number of carbonyl (C=O) groups is 1. The predicted octanol–water partition coefficient (Wildman–Crippen LogP) is 4.37. The summed E-state index contributed by atoms with van der Waals surface area (Å²) in [5.74, 6) is 0.875. The topological polar surface area (TPSA) is 59.6 Å². The standard InChI is InChI=1S/C16H15F3N2O3/c1-23-12-6-7-14(24-2)13(9-12)21-15(22)20-11-5-3-4-10(8-11)16(17,18)19/h3-9H,1-2H3,(H2,20,21,22). The highest BCUT2D eigenvalue weighted by Crippen LogP contribution is 2.31. The van der Waals surface area contributed by atoms with Crippen LogP contribution in [0.25, 0.3) is 0 Å². The van der Waals surface area contributed by atoms with Gasteiger partial charge in [0.25, 0.3) is 0 Å². The van der Waals surface area contributed by atoms with E-state index in [4.69, 9.17) is 9.47 Å². The summed E-state index contributed by atoms with van der Waals surface area (Å²) in [6.45, 7) is 0. The number of benzene rings is 2. The second-order valence-corrected chi connectivity index (χ2v) is 4.72. The van der Waals surface area contributed by atoms with Crippen molar-refractivity contribution >= 4 is 17.4 Å². The Morgan fingerprint density at radius 1 is 1.00 bits per heavy atom. The monoisotopic (exact) mass is 340 g/mol. The molecule has 0 heterocycles. The molecule has 0 bridgehead atoms. The Labute approximate surface area is 136 Å². The molecule has 2 N–H and O–H groups in total. The Hall–Kier alpha value is -2.90. The molecule has 0 atom stereocenters. The lowest BCUT2D eigenvalue weighted by Gasteiger charge is -2.13. The fourth-order valence-corrected chi connectivity index (χ4v) is 1.97. The quantitative estimate of drug-likeness (QED) is 0.869. The Balaban J connectivity index is 2.14. The van der Waals surface area contributed by atoms with Gasteiger partial charge in [0.2, 0.25) is 0 Å². The lowest BCUT2D eigenvalue weighted by atomic mass is 10.2. The number of methoxy groups -OCH3 is 2. The Bertz CT molecular complexity index is 733. The number of halogens is 3. The first-order valence-electron chi connectivity index (χ1n) is 6.81. The molecular weight excluding hydrogens is 325 g/mol. The zero-order valence-electron chi connectivity index (χ0n) is 12.9. The van der Waals surface area contributed by atoms with Gasteiger partial charge in [0.05, 0.1) is 25.5 Å². The van der Waals surface area contributed by atoms with E-state index in [1.807, 2.05) is 0 Å². The lowest BCUT2D eigenvalue weighted by molar-refractivity contribution is -0.137. The van der Waals surface area contributed by atoms with Crippen molar-refractivity contribution in [1.29, 1.82) is 0 Å². The van der Waals surface area contributed by atoms with E-state index >= 15 is 0 Å². The molecular formula is C16H15F3N2O3. The zero-order valence-corrected chi connectivity index (χ0v) is 12.9. The Morgan fingerprint density at radius 2 is 1.75 bits per heavy atom. The van der Waals surface area contributed by atoms with Gasteiger partial charge in [-0.1, -0.05) is 6.07 Å². The van der Waals surface area contributed by atoms with Crippen molar-refractivity contribution < 1.29 is 27.4 Å². The van der Waals surface area contributed by atoms with E-state index in [1.165, 1.54) is 32.4 Å². The van der Waals surface area contributed by atoms with Crippen molar-refractivity contribution in [3.8, 4) is 11.5 Å². The SMILES string of the molecule is COc1ccc(OC)c(NC(=O)Nc2cccc(C(F)(F)F)c2)c1. The molecule has 2 amide bonds. The van der Waals surface area contributed by atoms with E-state index in [9.17, 15) is 18.0 Å². The number of hydrogen-bond acceptors (Lipinski definition) is 3. The molecule has 0 unspecified atom stereocenters. The van der Waals surface area contributed by atoms with E-state index < -0.39 is 17.8 Å². The van der Waals surface area contributed by atoms with E-state index in [0.717, 1.165) is 12.1 Å². The van der Waals surface area contributed by atoms with Crippen molar-refractivity contribution in [3.05, 3.63) is 48.0 Å². The number of nitrogens with one attached hydrogen (secondary N) is 2. The molecule has 0 aliphatic carbocycles. The maximum Gasteiger partial charge on any atom is 0.416 e. The fraction of sp³-hybridized carbons (Fsp3) is 0.188. The number of urea groups is 1. The van der Waals surface area contributed by atoms with Crippen molar-refractivity contribution in [2.45, 2.75) is 6.18 Å². The summed E-state index contributed by atoms with van der Waals surface area (Å²) in [6, 6.07) is 8.41. The van der Waals surface area contributed by atoms with Gasteiger partial charge in [0.1, 0.15) is 11.5 Å². The van der Waals surface area contributed by atoms with Gasteiger partial charge in [-0.15, -0.1) is 0 Å². The second-order valence-electron chi connectivity index (χ2n) is 4.72. The van der Waals surface area contributed by atoms with Gasteiger partial charge in [0.15, 0.2) is 0 Å². The second kappa shape index (κ2) is 7.12. The van der Waals surface area contributed by atoms with Gasteiger partial charge in [-0.25, -0.2) is 4.79 Å². The van der Waals surface area contributed by atoms with Crippen LogP contribution in [-0.4, -0.2) is 20.3 Å². The number of ether oxygens (including phenoxy) is 2. The van der Waals surface area contributed by atoms with E-state index in [2.05, 4.69) is 10.6 Å². The van der Waals surface area contributed by atoms with Crippen LogP contribution in [0.1, 0.15) is 5.56 Å². The third-order valence-electron chi connectivity index (χ3n) is 3.10. The average Bonchev–Trinajstić information content (AvgIpc) is 2.54. The highest BCUT2D eigenvalue weighted by molar-refractivity contribution is 6.00. The summed E-state index contributed by atoms with van der Waals surface area (Å²) >= 11 is 0. The van der Waals surface area contributed by atoms with Crippen molar-refractivity contribution in [3.63, 3.8) is 0 Å². The van der Waals surface area contributed by atoms with Crippen molar-refractivity contribution in [2.75, 3.05) is 24.9 Å². The third kappa shape index (κ3) is 4.31. The first-order chi connectivity index (χ1) is 11.3. The van der Waals surface area contributed by atoms with Crippen LogP contribution < -0.4 is 20.1 Å². The minimum atomic E-state index is -4.48. The van der Waals surface area contributed by atoms with E-state index in [1.54, 1.807) is 12.1 Å². The van der Waals surface area contributed by atoms with Crippen LogP contribution in [0.4, 0.5) is 29.3 Å². The van der Waals surface area contributed by atoms with Crippen molar-refractivity contribution in [1.82, 2.24) is 0 Å². The molecule has 0 aliphatic heterocycles. The minimum Gasteiger partial charge on any atom is -0.497 e. The Kier molecular flexibility index (Phi) is 5.18. The number of carbonyl (C=O) groups excluding carboxylic acids is 1. The molecule has 128 valence electrons. The van der Waals surface area contributed by atoms with Crippen LogP contribution in [0, 0.1) is 0 Å². The number of alkyl halides is 3. The smallest absolute Gasteiger partial charge is 0.416 e. The maximum absolute atomic E-state index is 12.7. The highest BCUT2D eigenvalue weighted by Gasteiger charge is 2.30. The zero-order chi connectivity index (χ0) is 17.7. The molecule has 2 aromatic carbocycles. The van der Waals surface area contributed by atoms with Crippen LogP contribution in [0.15, 0.2) is 42.5 Å². The highest BCUT2D eigenvalue weighted by atomic mass is 19.4. The number of anilines is 2. The predicted molar refractivity (Wildman–Crippen MR) is 83.6 cm³/mol. The average molecular weight is 340 g/mol. The van der Waals surface area contributed by atoms with Crippen LogP contribution in [-0.2, 0) is 6.18 Å². The van der Waals surface area contributed by atoms with Crippen molar-refractivity contribution in [2.24, 2.45) is 0 Å². The normalized spacial score (nSPS) is 10.9. The molecule has 2 rings (SSSR count). The van der Waals surface area contributed by atoms with Gasteiger partial charge < -0.3 is 20.1 Å². The van der Waals surface area contributed by atoms with Gasteiger partial charge in [-0.3, -0.25) is 0 Å². The fourth-order valence-electron chi connectivity index (χ4n) is 1.97. The molecule has 24 heavy (non-hydrogen) atoms. The third-order valence-corrected chi connectivity index (χ3v) is 3.10. The molecule has 5 nitrogen and oxygen atoms in total. The van der Waals surface area contributed by atoms with Gasteiger partial charge in [-0.05, 0) is 30.3 Å². The minimum absolute atomic E-state index is 0.0178. The summed E-state index contributed by atoms with van der Waals surface area (Å²) in [7, 11) is 2.89. The van der Waals surface area contributed by atoms with Crippen LogP contribution in [0.3, 0.4) is 0 Å². The number of hydrogen-bond donors (Lipinski definition) is 2. The van der Waals surface area contributed by atoms with Gasteiger partial charge in [-0.2, -0.15) is 13.2 Å². The van der Waals surface area contributed by atoms with E-state index in [-0.39, 0.29) is 5.69 Å². The largest absolute Gasteiger partial charge is 0.497 e. The van der Waals surface area contributed by atoms with Gasteiger partial charge >= 0.3 is 12.2 Å². The molecule has 0 aromatic heterocycles. The molecule has 0 saturated carbocycles. The summed E-state index contributed by atoms with van der Waals surface area (Å²) in [5.41, 5.74) is -0.509. The first kappa shape index (κ1) is 17.5.